The van der Waals surface area contributed by atoms with Crippen LogP contribution in [-0.2, 0) is 0 Å². The molecule has 4 nitrogen and oxygen atoms in total. The topological polar surface area (TPSA) is 60.8 Å². The van der Waals surface area contributed by atoms with Crippen molar-refractivity contribution in [3.05, 3.63) is 29.3 Å². The maximum absolute atomic E-state index is 12.5. The Kier molecular flexibility index (Phi) is 4.43. The summed E-state index contributed by atoms with van der Waals surface area (Å²) >= 11 is 0. The Bertz CT molecular complexity index is 459. The van der Waals surface area contributed by atoms with Gasteiger partial charge in [-0.05, 0) is 44.7 Å². The van der Waals surface area contributed by atoms with Crippen LogP contribution in [0.4, 0.5) is 0 Å². The number of phenols is 1. The lowest BCUT2D eigenvalue weighted by Gasteiger charge is -2.25. The zero-order chi connectivity index (χ0) is 13.8. The molecule has 1 aliphatic rings. The van der Waals surface area contributed by atoms with Crippen LogP contribution in [0, 0.1) is 6.92 Å². The first-order valence-electron chi connectivity index (χ1n) is 6.85. The third kappa shape index (κ3) is 3.07. The highest BCUT2D eigenvalue weighted by molar-refractivity contribution is 5.97. The molecule has 0 aliphatic carbocycles. The second-order valence-corrected chi connectivity index (χ2v) is 5.18. The molecule has 1 amide bonds. The van der Waals surface area contributed by atoms with Crippen LogP contribution in [0.1, 0.15) is 41.6 Å². The van der Waals surface area contributed by atoms with Crippen molar-refractivity contribution in [2.75, 3.05) is 13.2 Å². The number of hydrogen-bond acceptors (Lipinski definition) is 3. The van der Waals surface area contributed by atoms with Gasteiger partial charge >= 0.3 is 0 Å². The molecule has 1 saturated heterocycles. The molecule has 0 bridgehead atoms. The average molecular weight is 263 g/mol. The molecule has 104 valence electrons. The Morgan fingerprint density at radius 2 is 2.26 bits per heavy atom. The van der Waals surface area contributed by atoms with Crippen molar-refractivity contribution in [1.82, 2.24) is 4.90 Å². The normalized spacial score (nSPS) is 18.8. The number of rotatable bonds is 4. The van der Waals surface area contributed by atoms with Crippen LogP contribution >= 0.6 is 0 Å². The lowest BCUT2D eigenvalue weighted by atomic mass is 10.1. The lowest BCUT2D eigenvalue weighted by Crippen LogP contribution is -2.35. The lowest BCUT2D eigenvalue weighted by molar-refractivity contribution is 0.0721. The zero-order valence-corrected chi connectivity index (χ0v) is 11.3. The maximum Gasteiger partial charge on any atom is 0.257 e. The van der Waals surface area contributed by atoms with Gasteiger partial charge in [0.05, 0.1) is 5.56 Å². The zero-order valence-electron chi connectivity index (χ0n) is 11.3. The largest absolute Gasteiger partial charge is 0.507 e. The van der Waals surface area contributed by atoms with Gasteiger partial charge in [0, 0.05) is 19.2 Å². The van der Waals surface area contributed by atoms with Crippen molar-refractivity contribution in [3.63, 3.8) is 0 Å². The van der Waals surface area contributed by atoms with Crippen LogP contribution in [0.25, 0.3) is 0 Å². The maximum atomic E-state index is 12.5. The van der Waals surface area contributed by atoms with Gasteiger partial charge < -0.3 is 15.1 Å². The number of carbonyl (C=O) groups excluding carboxylic acids is 1. The summed E-state index contributed by atoms with van der Waals surface area (Å²) in [4.78, 5) is 14.3. The minimum absolute atomic E-state index is 0.0448. The summed E-state index contributed by atoms with van der Waals surface area (Å²) in [7, 11) is 0. The van der Waals surface area contributed by atoms with Crippen LogP contribution in [-0.4, -0.2) is 40.2 Å². The molecule has 0 aromatic heterocycles. The van der Waals surface area contributed by atoms with Crippen molar-refractivity contribution < 1.29 is 15.0 Å². The van der Waals surface area contributed by atoms with Crippen molar-refractivity contribution >= 4 is 5.91 Å². The van der Waals surface area contributed by atoms with E-state index in [1.807, 2.05) is 11.8 Å². The number of amides is 1. The van der Waals surface area contributed by atoms with Gasteiger partial charge in [0.25, 0.3) is 5.91 Å². The first kappa shape index (κ1) is 13.9. The van der Waals surface area contributed by atoms with E-state index in [1.165, 1.54) is 0 Å². The van der Waals surface area contributed by atoms with Gasteiger partial charge in [-0.15, -0.1) is 0 Å². The Morgan fingerprint density at radius 1 is 1.47 bits per heavy atom. The van der Waals surface area contributed by atoms with Crippen molar-refractivity contribution in [2.45, 2.75) is 38.6 Å². The Hall–Kier alpha value is -1.55. The van der Waals surface area contributed by atoms with Gasteiger partial charge in [0.1, 0.15) is 5.75 Å². The SMILES string of the molecule is Cc1ccc(O)c(C(=O)N2CCCC2CCCO)c1. The van der Waals surface area contributed by atoms with Gasteiger partial charge in [-0.1, -0.05) is 11.6 Å². The fourth-order valence-corrected chi connectivity index (χ4v) is 2.71. The highest BCUT2D eigenvalue weighted by atomic mass is 16.3. The number of hydrogen-bond donors (Lipinski definition) is 2. The molecular weight excluding hydrogens is 242 g/mol. The number of aliphatic hydroxyl groups is 1. The van der Waals surface area contributed by atoms with E-state index in [1.54, 1.807) is 18.2 Å². The first-order chi connectivity index (χ1) is 9.13. The summed E-state index contributed by atoms with van der Waals surface area (Å²) in [5.74, 6) is -0.0509. The fourth-order valence-electron chi connectivity index (χ4n) is 2.71. The van der Waals surface area contributed by atoms with Crippen LogP contribution in [0.5, 0.6) is 5.75 Å². The number of aromatic hydroxyl groups is 1. The average Bonchev–Trinajstić information content (AvgIpc) is 2.86. The van der Waals surface area contributed by atoms with E-state index in [-0.39, 0.29) is 24.3 Å². The van der Waals surface area contributed by atoms with Crippen molar-refractivity contribution in [3.8, 4) is 5.75 Å². The van der Waals surface area contributed by atoms with E-state index in [9.17, 15) is 9.90 Å². The first-order valence-corrected chi connectivity index (χ1v) is 6.85. The van der Waals surface area contributed by atoms with E-state index >= 15 is 0 Å². The number of aryl methyl sites for hydroxylation is 1. The molecule has 0 spiro atoms. The Balaban J connectivity index is 2.16. The predicted octanol–water partition coefficient (Wildman–Crippen LogP) is 2.08. The molecule has 4 heteroatoms. The predicted molar refractivity (Wildman–Crippen MR) is 73.2 cm³/mol. The summed E-state index contributed by atoms with van der Waals surface area (Å²) in [6, 6.07) is 5.29. The monoisotopic (exact) mass is 263 g/mol. The van der Waals surface area contributed by atoms with Crippen LogP contribution in [0.15, 0.2) is 18.2 Å². The van der Waals surface area contributed by atoms with Gasteiger partial charge in [0.2, 0.25) is 0 Å². The van der Waals surface area contributed by atoms with E-state index in [0.717, 1.165) is 31.4 Å². The molecule has 1 aliphatic heterocycles. The summed E-state index contributed by atoms with van der Waals surface area (Å²) in [5.41, 5.74) is 1.35. The Labute approximate surface area is 113 Å². The van der Waals surface area contributed by atoms with E-state index in [0.29, 0.717) is 12.0 Å². The number of carbonyl (C=O) groups is 1. The molecule has 0 radical (unpaired) electrons. The number of benzene rings is 1. The molecule has 1 atom stereocenters. The molecule has 19 heavy (non-hydrogen) atoms. The highest BCUT2D eigenvalue weighted by Crippen LogP contribution is 2.27. The minimum atomic E-state index is -0.0957. The number of phenolic OH excluding ortho intramolecular Hbond substituents is 1. The van der Waals surface area contributed by atoms with E-state index < -0.39 is 0 Å². The summed E-state index contributed by atoms with van der Waals surface area (Å²) < 4.78 is 0. The quantitative estimate of drug-likeness (QED) is 0.874. The fraction of sp³-hybridized carbons (Fsp3) is 0.533. The van der Waals surface area contributed by atoms with Crippen LogP contribution in [0.3, 0.4) is 0 Å². The molecule has 1 aromatic carbocycles. The van der Waals surface area contributed by atoms with Crippen LogP contribution in [0.2, 0.25) is 0 Å². The molecule has 0 saturated carbocycles. The molecule has 2 N–H and O–H groups in total. The third-order valence-corrected chi connectivity index (χ3v) is 3.72. The van der Waals surface area contributed by atoms with E-state index in [2.05, 4.69) is 0 Å². The number of nitrogens with zero attached hydrogens (tertiary/aromatic N) is 1. The van der Waals surface area contributed by atoms with Gasteiger partial charge in [-0.2, -0.15) is 0 Å². The van der Waals surface area contributed by atoms with Crippen molar-refractivity contribution in [2.24, 2.45) is 0 Å². The standard InChI is InChI=1S/C15H21NO3/c1-11-6-7-14(18)13(10-11)15(19)16-8-2-4-12(16)5-3-9-17/h6-7,10,12,17-18H,2-5,8-9H2,1H3. The molecule has 1 unspecified atom stereocenters. The molecule has 2 rings (SSSR count). The summed E-state index contributed by atoms with van der Waals surface area (Å²) in [6.45, 7) is 2.81. The highest BCUT2D eigenvalue weighted by Gasteiger charge is 2.30. The third-order valence-electron chi connectivity index (χ3n) is 3.72. The van der Waals surface area contributed by atoms with E-state index in [4.69, 9.17) is 5.11 Å². The summed E-state index contributed by atoms with van der Waals surface area (Å²) in [5, 5.41) is 18.7. The van der Waals surface area contributed by atoms with Crippen LogP contribution < -0.4 is 0 Å². The van der Waals surface area contributed by atoms with Gasteiger partial charge in [-0.3, -0.25) is 4.79 Å². The van der Waals surface area contributed by atoms with Gasteiger partial charge in [0.15, 0.2) is 0 Å². The number of likely N-dealkylation sites (tertiary alicyclic amines) is 1. The number of aliphatic hydroxyl groups excluding tert-OH is 1. The molecule has 1 aromatic rings. The minimum Gasteiger partial charge on any atom is -0.507 e. The smallest absolute Gasteiger partial charge is 0.257 e. The summed E-state index contributed by atoms with van der Waals surface area (Å²) in [6.07, 6.45) is 3.52. The Morgan fingerprint density at radius 3 is 3.00 bits per heavy atom. The molecule has 1 fully saturated rings. The second kappa shape index (κ2) is 6.06. The molecular formula is C15H21NO3. The molecule has 1 heterocycles. The van der Waals surface area contributed by atoms with Gasteiger partial charge in [-0.25, -0.2) is 0 Å². The second-order valence-electron chi connectivity index (χ2n) is 5.18. The van der Waals surface area contributed by atoms with Crippen molar-refractivity contribution in [1.29, 1.82) is 0 Å².